The van der Waals surface area contributed by atoms with E-state index in [1.807, 2.05) is 12.1 Å². The van der Waals surface area contributed by atoms with Gasteiger partial charge in [0.1, 0.15) is 18.0 Å². The number of rotatable bonds is 5. The Labute approximate surface area is 98.8 Å². The second kappa shape index (κ2) is 5.76. The molecule has 0 saturated carbocycles. The standard InChI is InChI=1S/C11H13N5O/c17-6-5-13-10-7-11(15-8-14-10)16-9-1-3-12-4-2-9/h1-4,7-8,17H,5-6H2,(H2,12,13,14,15,16). The van der Waals surface area contributed by atoms with Crippen molar-refractivity contribution in [1.82, 2.24) is 15.0 Å². The molecule has 0 aliphatic rings. The van der Waals surface area contributed by atoms with Gasteiger partial charge in [0.05, 0.1) is 6.61 Å². The van der Waals surface area contributed by atoms with Crippen LogP contribution in [-0.2, 0) is 0 Å². The van der Waals surface area contributed by atoms with E-state index in [-0.39, 0.29) is 6.61 Å². The number of pyridine rings is 1. The van der Waals surface area contributed by atoms with Crippen LogP contribution < -0.4 is 10.6 Å². The third-order valence-corrected chi connectivity index (χ3v) is 2.04. The third-order valence-electron chi connectivity index (χ3n) is 2.04. The molecular weight excluding hydrogens is 218 g/mol. The van der Waals surface area contributed by atoms with E-state index in [4.69, 9.17) is 5.11 Å². The average Bonchev–Trinajstić information content (AvgIpc) is 2.38. The maximum Gasteiger partial charge on any atom is 0.135 e. The van der Waals surface area contributed by atoms with Crippen molar-refractivity contribution in [3.05, 3.63) is 36.9 Å². The maximum absolute atomic E-state index is 8.70. The molecule has 0 saturated heterocycles. The van der Waals surface area contributed by atoms with E-state index in [0.29, 0.717) is 18.2 Å². The van der Waals surface area contributed by atoms with Crippen LogP contribution in [0.2, 0.25) is 0 Å². The van der Waals surface area contributed by atoms with Crippen LogP contribution in [0.3, 0.4) is 0 Å². The van der Waals surface area contributed by atoms with Gasteiger partial charge in [0.2, 0.25) is 0 Å². The fraction of sp³-hybridized carbons (Fsp3) is 0.182. The Morgan fingerprint density at radius 1 is 1.12 bits per heavy atom. The molecule has 2 rings (SSSR count). The highest BCUT2D eigenvalue weighted by Gasteiger charge is 1.98. The number of aliphatic hydroxyl groups excluding tert-OH is 1. The van der Waals surface area contributed by atoms with Crippen molar-refractivity contribution in [3.63, 3.8) is 0 Å². The lowest BCUT2D eigenvalue weighted by Gasteiger charge is -2.07. The topological polar surface area (TPSA) is 83.0 Å². The lowest BCUT2D eigenvalue weighted by atomic mass is 10.4. The number of anilines is 3. The van der Waals surface area contributed by atoms with Gasteiger partial charge in [0.25, 0.3) is 0 Å². The van der Waals surface area contributed by atoms with Crippen LogP contribution in [0.25, 0.3) is 0 Å². The SMILES string of the molecule is OCCNc1cc(Nc2ccncc2)ncn1. The average molecular weight is 231 g/mol. The highest BCUT2D eigenvalue weighted by Crippen LogP contribution is 2.14. The molecule has 17 heavy (non-hydrogen) atoms. The largest absolute Gasteiger partial charge is 0.395 e. The number of hydrogen-bond donors (Lipinski definition) is 3. The second-order valence-corrected chi connectivity index (χ2v) is 3.30. The van der Waals surface area contributed by atoms with Crippen molar-refractivity contribution >= 4 is 17.3 Å². The number of nitrogens with one attached hydrogen (secondary N) is 2. The quantitative estimate of drug-likeness (QED) is 0.712. The van der Waals surface area contributed by atoms with E-state index >= 15 is 0 Å². The second-order valence-electron chi connectivity index (χ2n) is 3.30. The van der Waals surface area contributed by atoms with Gasteiger partial charge < -0.3 is 15.7 Å². The highest BCUT2D eigenvalue weighted by atomic mass is 16.3. The molecule has 2 heterocycles. The Morgan fingerprint density at radius 3 is 2.65 bits per heavy atom. The van der Waals surface area contributed by atoms with Gasteiger partial charge in [-0.15, -0.1) is 0 Å². The van der Waals surface area contributed by atoms with Crippen molar-refractivity contribution in [1.29, 1.82) is 0 Å². The molecule has 3 N–H and O–H groups in total. The van der Waals surface area contributed by atoms with Gasteiger partial charge >= 0.3 is 0 Å². The Bertz CT molecular complexity index is 462. The molecule has 2 aromatic rings. The summed E-state index contributed by atoms with van der Waals surface area (Å²) in [5, 5.41) is 14.8. The molecule has 0 amide bonds. The number of aliphatic hydroxyl groups is 1. The summed E-state index contributed by atoms with van der Waals surface area (Å²) >= 11 is 0. The van der Waals surface area contributed by atoms with E-state index in [0.717, 1.165) is 5.69 Å². The van der Waals surface area contributed by atoms with E-state index in [2.05, 4.69) is 25.6 Å². The summed E-state index contributed by atoms with van der Waals surface area (Å²) in [7, 11) is 0. The molecule has 0 unspecified atom stereocenters. The van der Waals surface area contributed by atoms with Crippen molar-refractivity contribution in [3.8, 4) is 0 Å². The minimum atomic E-state index is 0.0666. The first-order valence-electron chi connectivity index (χ1n) is 5.22. The van der Waals surface area contributed by atoms with Gasteiger partial charge in [-0.3, -0.25) is 4.98 Å². The van der Waals surface area contributed by atoms with Crippen LogP contribution in [0.15, 0.2) is 36.9 Å². The zero-order valence-electron chi connectivity index (χ0n) is 9.17. The van der Waals surface area contributed by atoms with Gasteiger partial charge in [0, 0.05) is 30.7 Å². The van der Waals surface area contributed by atoms with Crippen molar-refractivity contribution < 1.29 is 5.11 Å². The molecule has 2 aromatic heterocycles. The Balaban J connectivity index is 2.06. The van der Waals surface area contributed by atoms with E-state index in [1.54, 1.807) is 18.5 Å². The molecule has 0 aliphatic heterocycles. The lowest BCUT2D eigenvalue weighted by Crippen LogP contribution is -2.07. The zero-order chi connectivity index (χ0) is 11.9. The Morgan fingerprint density at radius 2 is 1.88 bits per heavy atom. The summed E-state index contributed by atoms with van der Waals surface area (Å²) in [5.74, 6) is 1.36. The fourth-order valence-corrected chi connectivity index (χ4v) is 1.29. The van der Waals surface area contributed by atoms with Crippen LogP contribution in [-0.4, -0.2) is 33.2 Å². The monoisotopic (exact) mass is 231 g/mol. The lowest BCUT2D eigenvalue weighted by molar-refractivity contribution is 0.311. The summed E-state index contributed by atoms with van der Waals surface area (Å²) < 4.78 is 0. The van der Waals surface area contributed by atoms with Crippen LogP contribution in [0.5, 0.6) is 0 Å². The first kappa shape index (κ1) is 11.3. The van der Waals surface area contributed by atoms with Crippen LogP contribution in [0, 0.1) is 0 Å². The van der Waals surface area contributed by atoms with Gasteiger partial charge in [-0.25, -0.2) is 9.97 Å². The van der Waals surface area contributed by atoms with E-state index < -0.39 is 0 Å². The predicted molar refractivity (Wildman–Crippen MR) is 65.1 cm³/mol. The van der Waals surface area contributed by atoms with Gasteiger partial charge in [-0.05, 0) is 12.1 Å². The molecule has 0 aliphatic carbocycles. The smallest absolute Gasteiger partial charge is 0.135 e. The first-order valence-corrected chi connectivity index (χ1v) is 5.22. The van der Waals surface area contributed by atoms with Crippen molar-refractivity contribution in [2.75, 3.05) is 23.8 Å². The zero-order valence-corrected chi connectivity index (χ0v) is 9.17. The number of hydrogen-bond acceptors (Lipinski definition) is 6. The maximum atomic E-state index is 8.70. The highest BCUT2D eigenvalue weighted by molar-refractivity contribution is 5.57. The first-order chi connectivity index (χ1) is 8.38. The molecule has 0 atom stereocenters. The molecule has 0 fully saturated rings. The molecular formula is C11H13N5O. The van der Waals surface area contributed by atoms with Crippen molar-refractivity contribution in [2.24, 2.45) is 0 Å². The Kier molecular flexibility index (Phi) is 3.82. The minimum absolute atomic E-state index is 0.0666. The van der Waals surface area contributed by atoms with Crippen LogP contribution >= 0.6 is 0 Å². The van der Waals surface area contributed by atoms with E-state index in [9.17, 15) is 0 Å². The molecule has 6 nitrogen and oxygen atoms in total. The summed E-state index contributed by atoms with van der Waals surface area (Å²) in [6, 6.07) is 5.47. The fourth-order valence-electron chi connectivity index (χ4n) is 1.29. The normalized spacial score (nSPS) is 9.94. The summed E-state index contributed by atoms with van der Waals surface area (Å²) in [4.78, 5) is 12.1. The summed E-state index contributed by atoms with van der Waals surface area (Å²) in [6.45, 7) is 0.531. The molecule has 88 valence electrons. The molecule has 0 aromatic carbocycles. The van der Waals surface area contributed by atoms with Crippen molar-refractivity contribution in [2.45, 2.75) is 0 Å². The third kappa shape index (κ3) is 3.39. The summed E-state index contributed by atoms with van der Waals surface area (Å²) in [6.07, 6.45) is 4.87. The van der Waals surface area contributed by atoms with Crippen LogP contribution in [0.4, 0.5) is 17.3 Å². The minimum Gasteiger partial charge on any atom is -0.395 e. The predicted octanol–water partition coefficient (Wildman–Crippen LogP) is 1.02. The molecule has 0 radical (unpaired) electrons. The van der Waals surface area contributed by atoms with Crippen LogP contribution in [0.1, 0.15) is 0 Å². The molecule has 6 heteroatoms. The number of aromatic nitrogens is 3. The molecule has 0 bridgehead atoms. The van der Waals surface area contributed by atoms with E-state index in [1.165, 1.54) is 6.33 Å². The van der Waals surface area contributed by atoms with Gasteiger partial charge in [-0.2, -0.15) is 0 Å². The van der Waals surface area contributed by atoms with Gasteiger partial charge in [-0.1, -0.05) is 0 Å². The summed E-state index contributed by atoms with van der Waals surface area (Å²) in [5.41, 5.74) is 0.909. The Hall–Kier alpha value is -2.21. The molecule has 0 spiro atoms. The van der Waals surface area contributed by atoms with Gasteiger partial charge in [0.15, 0.2) is 0 Å². The number of nitrogens with zero attached hydrogens (tertiary/aromatic N) is 3.